The number of hydrogen-bond acceptors (Lipinski definition) is 8. The Morgan fingerprint density at radius 2 is 1.85 bits per heavy atom. The number of carbonyl (C=O) groups is 1. The van der Waals surface area contributed by atoms with Gasteiger partial charge in [0, 0.05) is 43.4 Å². The summed E-state index contributed by atoms with van der Waals surface area (Å²) in [7, 11) is 2.06. The van der Waals surface area contributed by atoms with Crippen LogP contribution in [-0.4, -0.2) is 49.0 Å². The molecule has 1 saturated heterocycles. The number of para-hydroxylation sites is 1. The number of carbonyl (C=O) groups excluding carboxylic acids is 1. The van der Waals surface area contributed by atoms with E-state index >= 15 is 0 Å². The van der Waals surface area contributed by atoms with Gasteiger partial charge < -0.3 is 20.4 Å². The van der Waals surface area contributed by atoms with Gasteiger partial charge in [0.15, 0.2) is 0 Å². The highest BCUT2D eigenvalue weighted by molar-refractivity contribution is 7.12. The lowest BCUT2D eigenvalue weighted by Gasteiger charge is -2.26. The number of rotatable bonds is 7. The Morgan fingerprint density at radius 3 is 2.75 bits per heavy atom. The summed E-state index contributed by atoms with van der Waals surface area (Å²) in [6.45, 7) is 3.79. The second-order valence-corrected chi connectivity index (χ2v) is 11.0. The molecule has 2 N–H and O–H groups in total. The zero-order valence-electron chi connectivity index (χ0n) is 22.1. The van der Waals surface area contributed by atoms with Crippen LogP contribution in [0.2, 0.25) is 0 Å². The molecule has 0 saturated carbocycles. The number of benzene rings is 2. The fourth-order valence-corrected chi connectivity index (χ4v) is 6.05. The Bertz CT molecular complexity index is 1770. The van der Waals surface area contributed by atoms with E-state index in [2.05, 4.69) is 27.6 Å². The normalized spacial score (nSPS) is 14.4. The van der Waals surface area contributed by atoms with E-state index in [1.54, 1.807) is 24.4 Å². The number of likely N-dealkylation sites (N-methyl/N-ethyl adjacent to an activating group) is 1. The largest absolute Gasteiger partial charge is 0.380 e. The van der Waals surface area contributed by atoms with Crippen LogP contribution in [-0.2, 0) is 6.54 Å². The Hall–Kier alpha value is -4.34. The van der Waals surface area contributed by atoms with E-state index in [1.165, 1.54) is 11.3 Å². The number of fused-ring (bicyclic) bond motifs is 1. The first-order valence-corrected chi connectivity index (χ1v) is 14.2. The standard InChI is InChI=1S/C31H29N5O3S/c1-35-13-5-14-36(16-15-35)27-26(28(37)29(27)38)20-6-4-7-22(18-20)34-31(39)30-25(11-17-40-30)33-19-21-10-12-32-24-9-3-2-8-23(21)24/h2-4,6-12,17-18,33H,5,13-16,19H2,1H3,(H,34,39). The minimum Gasteiger partial charge on any atom is -0.380 e. The van der Waals surface area contributed by atoms with Crippen molar-refractivity contribution in [2.45, 2.75) is 13.0 Å². The van der Waals surface area contributed by atoms with Gasteiger partial charge in [0.1, 0.15) is 10.6 Å². The predicted molar refractivity (Wildman–Crippen MR) is 162 cm³/mol. The van der Waals surface area contributed by atoms with Crippen molar-refractivity contribution in [3.63, 3.8) is 0 Å². The second kappa shape index (κ2) is 11.0. The Morgan fingerprint density at radius 1 is 0.975 bits per heavy atom. The summed E-state index contributed by atoms with van der Waals surface area (Å²) in [6.07, 6.45) is 2.72. The maximum absolute atomic E-state index is 13.3. The quantitative estimate of drug-likeness (QED) is 0.286. The maximum Gasteiger partial charge on any atom is 0.267 e. The van der Waals surface area contributed by atoms with Crippen LogP contribution >= 0.6 is 11.3 Å². The molecule has 0 unspecified atom stereocenters. The van der Waals surface area contributed by atoms with E-state index in [0.29, 0.717) is 40.5 Å². The van der Waals surface area contributed by atoms with Gasteiger partial charge in [-0.3, -0.25) is 19.4 Å². The molecule has 3 aromatic carbocycles. The van der Waals surface area contributed by atoms with E-state index in [0.717, 1.165) is 48.2 Å². The monoisotopic (exact) mass is 551 g/mol. The summed E-state index contributed by atoms with van der Waals surface area (Å²) in [5.74, 6) is -0.241. The van der Waals surface area contributed by atoms with Crippen molar-refractivity contribution in [1.29, 1.82) is 0 Å². The van der Waals surface area contributed by atoms with Gasteiger partial charge in [-0.1, -0.05) is 30.3 Å². The van der Waals surface area contributed by atoms with Crippen molar-refractivity contribution in [1.82, 2.24) is 9.88 Å². The van der Waals surface area contributed by atoms with Gasteiger partial charge in [0.05, 0.1) is 16.8 Å². The molecular formula is C31H29N5O3S. The highest BCUT2D eigenvalue weighted by Crippen LogP contribution is 2.30. The molecule has 1 fully saturated rings. The molecule has 1 amide bonds. The number of thiophene rings is 1. The average molecular weight is 552 g/mol. The Labute approximate surface area is 235 Å². The minimum atomic E-state index is -0.468. The van der Waals surface area contributed by atoms with Crippen molar-refractivity contribution < 1.29 is 4.79 Å². The predicted octanol–water partition coefficient (Wildman–Crippen LogP) is 4.57. The number of amides is 1. The molecule has 40 heavy (non-hydrogen) atoms. The van der Waals surface area contributed by atoms with Gasteiger partial charge in [-0.15, -0.1) is 11.3 Å². The van der Waals surface area contributed by atoms with Gasteiger partial charge in [0.25, 0.3) is 5.91 Å². The van der Waals surface area contributed by atoms with Crippen LogP contribution in [0.3, 0.4) is 0 Å². The number of hydrogen-bond donors (Lipinski definition) is 2. The molecular weight excluding hydrogens is 522 g/mol. The van der Waals surface area contributed by atoms with E-state index in [9.17, 15) is 14.4 Å². The summed E-state index contributed by atoms with van der Waals surface area (Å²) in [4.78, 5) is 47.8. The lowest BCUT2D eigenvalue weighted by atomic mass is 9.97. The number of anilines is 3. The molecule has 0 bridgehead atoms. The first-order chi connectivity index (χ1) is 19.5. The van der Waals surface area contributed by atoms with Gasteiger partial charge in [0.2, 0.25) is 10.9 Å². The molecule has 0 radical (unpaired) electrons. The molecule has 2 aromatic heterocycles. The Kier molecular flexibility index (Phi) is 7.15. The minimum absolute atomic E-state index is 0.241. The first kappa shape index (κ1) is 25.9. The second-order valence-electron chi connectivity index (χ2n) is 10.1. The maximum atomic E-state index is 13.3. The lowest BCUT2D eigenvalue weighted by molar-refractivity contribution is 0.103. The van der Waals surface area contributed by atoms with Crippen molar-refractivity contribution in [2.75, 3.05) is 48.8 Å². The third-order valence-electron chi connectivity index (χ3n) is 7.41. The molecule has 0 spiro atoms. The zero-order valence-corrected chi connectivity index (χ0v) is 23.0. The van der Waals surface area contributed by atoms with Gasteiger partial charge in [-0.25, -0.2) is 0 Å². The highest BCUT2D eigenvalue weighted by atomic mass is 32.1. The van der Waals surface area contributed by atoms with E-state index < -0.39 is 10.9 Å². The highest BCUT2D eigenvalue weighted by Gasteiger charge is 2.28. The molecule has 0 aliphatic carbocycles. The van der Waals surface area contributed by atoms with Crippen LogP contribution in [0.4, 0.5) is 17.1 Å². The molecule has 3 heterocycles. The number of aromatic nitrogens is 1. The molecule has 8 nitrogen and oxygen atoms in total. The van der Waals surface area contributed by atoms with Crippen LogP contribution in [0.15, 0.2) is 81.8 Å². The third kappa shape index (κ3) is 5.01. The van der Waals surface area contributed by atoms with Crippen molar-refractivity contribution in [3.05, 3.63) is 103 Å². The summed E-state index contributed by atoms with van der Waals surface area (Å²) in [6, 6.07) is 19.0. The van der Waals surface area contributed by atoms with Gasteiger partial charge >= 0.3 is 0 Å². The van der Waals surface area contributed by atoms with Crippen LogP contribution in [0.25, 0.3) is 22.0 Å². The van der Waals surface area contributed by atoms with Crippen molar-refractivity contribution in [2.24, 2.45) is 0 Å². The number of nitrogens with one attached hydrogen (secondary N) is 2. The van der Waals surface area contributed by atoms with Crippen molar-refractivity contribution in [3.8, 4) is 11.1 Å². The van der Waals surface area contributed by atoms with Crippen LogP contribution in [0.5, 0.6) is 0 Å². The van der Waals surface area contributed by atoms with E-state index in [4.69, 9.17) is 0 Å². The zero-order chi connectivity index (χ0) is 27.6. The molecule has 1 aliphatic heterocycles. The summed E-state index contributed by atoms with van der Waals surface area (Å²) in [5.41, 5.74) is 4.02. The average Bonchev–Trinajstić information content (AvgIpc) is 3.35. The SMILES string of the molecule is CN1CCCN(c2c(-c3cccc(NC(=O)c4sccc4NCc4ccnc5ccccc45)c3)c(=O)c2=O)CC1. The Balaban J connectivity index is 1.19. The molecule has 6 rings (SSSR count). The van der Waals surface area contributed by atoms with Gasteiger partial charge in [-0.05, 0) is 66.9 Å². The number of pyridine rings is 1. The molecule has 5 aromatic rings. The summed E-state index contributed by atoms with van der Waals surface area (Å²) >= 11 is 1.36. The van der Waals surface area contributed by atoms with Crippen LogP contribution in [0.1, 0.15) is 21.7 Å². The summed E-state index contributed by atoms with van der Waals surface area (Å²) < 4.78 is 0. The molecule has 1 aliphatic rings. The van der Waals surface area contributed by atoms with E-state index in [1.807, 2.05) is 52.7 Å². The first-order valence-electron chi connectivity index (χ1n) is 13.3. The van der Waals surface area contributed by atoms with Gasteiger partial charge in [-0.2, -0.15) is 0 Å². The topological polar surface area (TPSA) is 94.6 Å². The fourth-order valence-electron chi connectivity index (χ4n) is 5.28. The molecule has 9 heteroatoms. The molecule has 202 valence electrons. The fraction of sp³-hybridized carbons (Fsp3) is 0.226. The smallest absolute Gasteiger partial charge is 0.267 e. The van der Waals surface area contributed by atoms with Crippen LogP contribution < -0.4 is 26.4 Å². The van der Waals surface area contributed by atoms with E-state index in [-0.39, 0.29) is 5.91 Å². The summed E-state index contributed by atoms with van der Waals surface area (Å²) in [5, 5.41) is 9.33. The molecule has 0 atom stereocenters. The lowest BCUT2D eigenvalue weighted by Crippen LogP contribution is -2.43. The van der Waals surface area contributed by atoms with Crippen molar-refractivity contribution >= 4 is 45.2 Å². The number of nitrogens with zero attached hydrogens (tertiary/aromatic N) is 3. The third-order valence-corrected chi connectivity index (χ3v) is 8.32. The van der Waals surface area contributed by atoms with Crippen LogP contribution in [0, 0.1) is 0 Å².